The summed E-state index contributed by atoms with van der Waals surface area (Å²) in [5.74, 6) is -3.59. The zero-order valence-corrected chi connectivity index (χ0v) is 27.7. The van der Waals surface area contributed by atoms with Crippen molar-refractivity contribution < 1.29 is 28.8 Å². The molecule has 1 unspecified atom stereocenters. The largest absolute Gasteiger partial charge is 0.347 e. The van der Waals surface area contributed by atoms with Crippen molar-refractivity contribution in [3.05, 3.63) is 24.3 Å². The molecule has 3 saturated carbocycles. The van der Waals surface area contributed by atoms with Crippen molar-refractivity contribution in [2.24, 2.45) is 17.8 Å². The molecule has 0 radical (unpaired) electrons. The van der Waals surface area contributed by atoms with Crippen molar-refractivity contribution in [2.75, 3.05) is 0 Å². The van der Waals surface area contributed by atoms with Crippen LogP contribution in [0.5, 0.6) is 0 Å². The average Bonchev–Trinajstić information content (AvgIpc) is 3.64. The summed E-state index contributed by atoms with van der Waals surface area (Å²) in [6.45, 7) is 5.56. The molecule has 4 N–H and O–H groups in total. The van der Waals surface area contributed by atoms with E-state index in [1.807, 2.05) is 20.8 Å². The maximum Gasteiger partial charge on any atom is 0.289 e. The fourth-order valence-corrected chi connectivity index (χ4v) is 7.51. The first-order chi connectivity index (χ1) is 22.6. The lowest BCUT2D eigenvalue weighted by Gasteiger charge is -2.39. The molecule has 4 aliphatic rings. The van der Waals surface area contributed by atoms with Crippen LogP contribution in [-0.2, 0) is 24.0 Å². The molecule has 0 aromatic carbocycles. The topological polar surface area (TPSA) is 180 Å². The van der Waals surface area contributed by atoms with E-state index in [4.69, 9.17) is 0 Å². The van der Waals surface area contributed by atoms with Crippen LogP contribution in [0.1, 0.15) is 108 Å². The molecule has 6 atom stereocenters. The van der Waals surface area contributed by atoms with E-state index in [9.17, 15) is 28.8 Å². The van der Waals surface area contributed by atoms with Gasteiger partial charge in [-0.1, -0.05) is 46.5 Å². The number of amides is 5. The number of nitrogens with zero attached hydrogens (tertiary/aromatic N) is 3. The number of nitrogens with one attached hydrogen (secondary N) is 4. The first-order valence-electron chi connectivity index (χ1n) is 17.4. The number of hydrogen-bond acceptors (Lipinski definition) is 8. The second kappa shape index (κ2) is 15.3. The van der Waals surface area contributed by atoms with Gasteiger partial charge in [-0.25, -0.2) is 4.98 Å². The Labute approximate surface area is 276 Å². The summed E-state index contributed by atoms with van der Waals surface area (Å²) in [6.07, 6.45) is 13.5. The Hall–Kier alpha value is -3.90. The molecule has 5 rings (SSSR count). The number of ketones is 1. The fourth-order valence-electron chi connectivity index (χ4n) is 7.51. The fraction of sp³-hybridized carbons (Fsp3) is 0.706. The molecule has 0 spiro atoms. The molecule has 13 nitrogen and oxygen atoms in total. The van der Waals surface area contributed by atoms with E-state index in [0.29, 0.717) is 19.3 Å². The van der Waals surface area contributed by atoms with Gasteiger partial charge >= 0.3 is 0 Å². The highest BCUT2D eigenvalue weighted by Crippen LogP contribution is 2.43. The summed E-state index contributed by atoms with van der Waals surface area (Å²) < 4.78 is 0. The first kappa shape index (κ1) is 34.4. The van der Waals surface area contributed by atoms with Gasteiger partial charge in [0.25, 0.3) is 11.8 Å². The van der Waals surface area contributed by atoms with Crippen molar-refractivity contribution in [1.82, 2.24) is 36.1 Å². The number of Topliss-reactive ketones (excluding diaryl/α,β-unsaturated/α-hetero) is 1. The molecule has 1 saturated heterocycles. The monoisotopic (exact) mass is 651 g/mol. The van der Waals surface area contributed by atoms with Crippen molar-refractivity contribution in [3.63, 3.8) is 0 Å². The first-order valence-corrected chi connectivity index (χ1v) is 17.4. The molecule has 47 heavy (non-hydrogen) atoms. The average molecular weight is 652 g/mol. The van der Waals surface area contributed by atoms with Crippen molar-refractivity contribution in [1.29, 1.82) is 0 Å². The maximum absolute atomic E-state index is 14.3. The van der Waals surface area contributed by atoms with E-state index in [0.717, 1.165) is 57.8 Å². The molecule has 4 fully saturated rings. The van der Waals surface area contributed by atoms with Crippen LogP contribution in [-0.4, -0.2) is 86.4 Å². The molecule has 256 valence electrons. The third-order valence-electron chi connectivity index (χ3n) is 10.2. The van der Waals surface area contributed by atoms with Gasteiger partial charge in [-0.05, 0) is 69.1 Å². The van der Waals surface area contributed by atoms with Crippen molar-refractivity contribution >= 4 is 35.3 Å². The highest BCUT2D eigenvalue weighted by molar-refractivity contribution is 6.38. The minimum absolute atomic E-state index is 0.0179. The molecule has 1 aromatic heterocycles. The Morgan fingerprint density at radius 3 is 2.30 bits per heavy atom. The summed E-state index contributed by atoms with van der Waals surface area (Å²) in [5, 5.41) is 11.4. The van der Waals surface area contributed by atoms with Gasteiger partial charge in [-0.15, -0.1) is 0 Å². The zero-order valence-electron chi connectivity index (χ0n) is 27.7. The van der Waals surface area contributed by atoms with Crippen molar-refractivity contribution in [3.8, 4) is 0 Å². The molecule has 1 aliphatic heterocycles. The Morgan fingerprint density at radius 1 is 0.915 bits per heavy atom. The number of likely N-dealkylation sites (tertiary alicyclic amines) is 1. The number of carbonyl (C=O) groups excluding carboxylic acids is 6. The van der Waals surface area contributed by atoms with E-state index in [1.54, 1.807) is 4.90 Å². The molecule has 1 aromatic rings. The zero-order chi connectivity index (χ0) is 33.7. The third-order valence-corrected chi connectivity index (χ3v) is 10.2. The number of piperidine rings is 1. The van der Waals surface area contributed by atoms with Gasteiger partial charge in [0.05, 0.1) is 12.2 Å². The minimum Gasteiger partial charge on any atom is -0.347 e. The third kappa shape index (κ3) is 8.16. The summed E-state index contributed by atoms with van der Waals surface area (Å²) in [6, 6.07) is -3.72. The summed E-state index contributed by atoms with van der Waals surface area (Å²) >= 11 is 0. The second-order valence-corrected chi connectivity index (χ2v) is 14.0. The summed E-state index contributed by atoms with van der Waals surface area (Å²) in [7, 11) is 0. The highest BCUT2D eigenvalue weighted by Gasteiger charge is 2.53. The van der Waals surface area contributed by atoms with Gasteiger partial charge in [-0.2, -0.15) is 0 Å². The summed E-state index contributed by atoms with van der Waals surface area (Å²) in [4.78, 5) is 90.5. The van der Waals surface area contributed by atoms with Crippen LogP contribution < -0.4 is 21.3 Å². The van der Waals surface area contributed by atoms with E-state index in [1.165, 1.54) is 18.6 Å². The molecule has 5 amide bonds. The standard InChI is InChI=1S/C34H49N7O6/c1-4-8-24(29(42)33(46)37-22-12-13-22)38-32(45)28-21-11-14-23(17-21)41(28)34(47)26(19(2)3)39-31(44)27(20-9-6-5-7-10-20)40-30(43)25-18-35-15-16-36-25/h15-16,18-24,26-28H,4-14,17H2,1-3H3,(H,37,46)(H,38,45)(H,39,44)(H,40,43)/t21?,23-,24-,26-,27-,28-/m0/s1. The molecule has 3 aliphatic carbocycles. The number of hydrogen-bond donors (Lipinski definition) is 4. The van der Waals surface area contributed by atoms with E-state index in [2.05, 4.69) is 31.2 Å². The maximum atomic E-state index is 14.3. The SMILES string of the molecule is CCC[C@H](NC(=O)[C@@H]1C2CC[C@@H](C2)N1C(=O)[C@@H](NC(=O)[C@@H](NC(=O)c1cnccn1)C1CCCCC1)C(C)C)C(=O)C(=O)NC1CC1. The van der Waals surface area contributed by atoms with Gasteiger partial charge in [-0.3, -0.25) is 33.8 Å². The van der Waals surface area contributed by atoms with Crippen LogP contribution in [0.4, 0.5) is 0 Å². The van der Waals surface area contributed by atoms with Crippen LogP contribution in [0, 0.1) is 17.8 Å². The number of carbonyl (C=O) groups is 6. The predicted octanol–water partition coefficient (Wildman–Crippen LogP) is 1.81. The molecule has 2 heterocycles. The number of rotatable bonds is 14. The second-order valence-electron chi connectivity index (χ2n) is 14.0. The molecular formula is C34H49N7O6. The number of aromatic nitrogens is 2. The van der Waals surface area contributed by atoms with E-state index in [-0.39, 0.29) is 41.4 Å². The van der Waals surface area contributed by atoms with Crippen LogP contribution in [0.3, 0.4) is 0 Å². The smallest absolute Gasteiger partial charge is 0.289 e. The lowest BCUT2D eigenvalue weighted by molar-refractivity contribution is -0.147. The lowest BCUT2D eigenvalue weighted by Crippen LogP contribution is -2.62. The molecule has 13 heteroatoms. The van der Waals surface area contributed by atoms with Crippen LogP contribution in [0.25, 0.3) is 0 Å². The highest BCUT2D eigenvalue weighted by atomic mass is 16.2. The Bertz CT molecular complexity index is 1330. The minimum atomic E-state index is -0.975. The quantitative estimate of drug-likeness (QED) is 0.220. The van der Waals surface area contributed by atoms with Crippen LogP contribution >= 0.6 is 0 Å². The van der Waals surface area contributed by atoms with Gasteiger partial charge in [0, 0.05) is 24.5 Å². The van der Waals surface area contributed by atoms with E-state index >= 15 is 0 Å². The lowest BCUT2D eigenvalue weighted by atomic mass is 9.83. The number of fused-ring (bicyclic) bond motifs is 2. The Morgan fingerprint density at radius 2 is 1.66 bits per heavy atom. The van der Waals surface area contributed by atoms with Gasteiger partial charge < -0.3 is 26.2 Å². The van der Waals surface area contributed by atoms with Crippen LogP contribution in [0.2, 0.25) is 0 Å². The van der Waals surface area contributed by atoms with Gasteiger partial charge in [0.15, 0.2) is 0 Å². The Balaban J connectivity index is 1.31. The molecular weight excluding hydrogens is 602 g/mol. The van der Waals surface area contributed by atoms with Crippen molar-refractivity contribution in [2.45, 2.75) is 134 Å². The Kier molecular flexibility index (Phi) is 11.2. The summed E-state index contributed by atoms with van der Waals surface area (Å²) in [5.41, 5.74) is 0.101. The molecule has 2 bridgehead atoms. The van der Waals surface area contributed by atoms with Gasteiger partial charge in [0.2, 0.25) is 23.5 Å². The predicted molar refractivity (Wildman–Crippen MR) is 171 cm³/mol. The van der Waals surface area contributed by atoms with Crippen LogP contribution in [0.15, 0.2) is 18.6 Å². The van der Waals surface area contributed by atoms with E-state index < -0.39 is 53.6 Å². The normalized spacial score (nSPS) is 24.3. The van der Waals surface area contributed by atoms with Gasteiger partial charge in [0.1, 0.15) is 23.8 Å².